The van der Waals surface area contributed by atoms with Crippen molar-refractivity contribution in [3.8, 4) is 0 Å². The number of rotatable bonds is 4. The Kier molecular flexibility index (Phi) is 4.73. The summed E-state index contributed by atoms with van der Waals surface area (Å²) in [6, 6.07) is 5.21. The average molecular weight is 233 g/mol. The summed E-state index contributed by atoms with van der Waals surface area (Å²) in [5.41, 5.74) is 3.06. The van der Waals surface area contributed by atoms with Gasteiger partial charge in [0.15, 0.2) is 0 Å². The van der Waals surface area contributed by atoms with Gasteiger partial charge < -0.3 is 0 Å². The van der Waals surface area contributed by atoms with Crippen molar-refractivity contribution in [3.63, 3.8) is 0 Å². The molecule has 0 aliphatic carbocycles. The summed E-state index contributed by atoms with van der Waals surface area (Å²) in [5, 5.41) is 1.01. The van der Waals surface area contributed by atoms with Crippen LogP contribution in [0, 0.1) is 0 Å². The Morgan fingerprint density at radius 3 is 2.64 bits per heavy atom. The second kappa shape index (κ2) is 5.86. The Morgan fingerprint density at radius 2 is 2.07 bits per heavy atom. The lowest BCUT2D eigenvalue weighted by Gasteiger charge is -2.00. The molecule has 0 radical (unpaired) electrons. The van der Waals surface area contributed by atoms with Gasteiger partial charge in [0.2, 0.25) is 0 Å². The molecule has 0 bridgehead atoms. The Labute approximate surface area is 92.6 Å². The summed E-state index contributed by atoms with van der Waals surface area (Å²) >= 11 is 11.8. The van der Waals surface area contributed by atoms with Crippen molar-refractivity contribution in [2.75, 3.05) is 6.61 Å². The highest BCUT2D eigenvalue weighted by Gasteiger charge is 2.01. The zero-order chi connectivity index (χ0) is 10.4. The molecule has 5 heteroatoms. The third-order valence-corrected chi connectivity index (χ3v) is 2.02. The van der Waals surface area contributed by atoms with Crippen molar-refractivity contribution < 1.29 is 4.84 Å². The van der Waals surface area contributed by atoms with Crippen LogP contribution < -0.4 is 5.48 Å². The number of nitrogens with zero attached hydrogens (tertiary/aromatic N) is 1. The molecule has 3 nitrogen and oxygen atoms in total. The summed E-state index contributed by atoms with van der Waals surface area (Å²) in [5.74, 6) is 0. The van der Waals surface area contributed by atoms with Crippen molar-refractivity contribution >= 4 is 35.2 Å². The minimum absolute atomic E-state index is 0.507. The molecule has 0 aliphatic rings. The summed E-state index contributed by atoms with van der Waals surface area (Å²) in [4.78, 5) is 8.87. The lowest BCUT2D eigenvalue weighted by atomic mass is 10.3. The van der Waals surface area contributed by atoms with E-state index >= 15 is 0 Å². The van der Waals surface area contributed by atoms with Crippen molar-refractivity contribution in [2.24, 2.45) is 4.99 Å². The van der Waals surface area contributed by atoms with Gasteiger partial charge in [0.05, 0.1) is 16.7 Å². The number of para-hydroxylation sites is 1. The van der Waals surface area contributed by atoms with Crippen LogP contribution in [0.15, 0.2) is 23.2 Å². The fourth-order valence-electron chi connectivity index (χ4n) is 0.824. The van der Waals surface area contributed by atoms with E-state index in [0.717, 1.165) is 0 Å². The molecule has 1 aromatic rings. The number of nitrogens with one attached hydrogen (secondary N) is 1. The van der Waals surface area contributed by atoms with E-state index in [1.165, 1.54) is 6.34 Å². The van der Waals surface area contributed by atoms with Crippen LogP contribution in [-0.4, -0.2) is 12.9 Å². The first-order valence-corrected chi connectivity index (χ1v) is 4.85. The number of hydroxylamine groups is 1. The highest BCUT2D eigenvalue weighted by molar-refractivity contribution is 6.38. The number of hydrogen-bond acceptors (Lipinski definition) is 2. The first-order chi connectivity index (χ1) is 6.75. The maximum Gasteiger partial charge on any atom is 0.113 e. The molecule has 14 heavy (non-hydrogen) atoms. The van der Waals surface area contributed by atoms with Crippen molar-refractivity contribution in [1.82, 2.24) is 5.48 Å². The minimum Gasteiger partial charge on any atom is -0.276 e. The third kappa shape index (κ3) is 3.18. The Balaban J connectivity index is 2.70. The molecule has 0 amide bonds. The molecular formula is C9H10Cl2N2O. The van der Waals surface area contributed by atoms with Crippen LogP contribution in [0.4, 0.5) is 5.69 Å². The van der Waals surface area contributed by atoms with Gasteiger partial charge in [-0.2, -0.15) is 0 Å². The van der Waals surface area contributed by atoms with E-state index in [2.05, 4.69) is 10.5 Å². The van der Waals surface area contributed by atoms with Crippen LogP contribution in [0.2, 0.25) is 10.0 Å². The van der Waals surface area contributed by atoms with E-state index < -0.39 is 0 Å². The molecule has 0 spiro atoms. The second-order valence-corrected chi connectivity index (χ2v) is 3.19. The Bertz CT molecular complexity index is 308. The molecule has 0 atom stereocenters. The molecular weight excluding hydrogens is 223 g/mol. The maximum atomic E-state index is 5.88. The van der Waals surface area contributed by atoms with Gasteiger partial charge in [-0.1, -0.05) is 29.3 Å². The number of benzene rings is 1. The van der Waals surface area contributed by atoms with Crippen LogP contribution in [-0.2, 0) is 4.84 Å². The topological polar surface area (TPSA) is 33.6 Å². The zero-order valence-corrected chi connectivity index (χ0v) is 9.14. The molecule has 1 rings (SSSR count). The van der Waals surface area contributed by atoms with Crippen molar-refractivity contribution in [2.45, 2.75) is 6.92 Å². The molecule has 0 fully saturated rings. The third-order valence-electron chi connectivity index (χ3n) is 1.41. The van der Waals surface area contributed by atoms with Crippen molar-refractivity contribution in [1.29, 1.82) is 0 Å². The van der Waals surface area contributed by atoms with Gasteiger partial charge in [-0.3, -0.25) is 10.3 Å². The molecule has 0 aromatic heterocycles. The fourth-order valence-corrected chi connectivity index (χ4v) is 1.32. The average Bonchev–Trinajstić information content (AvgIpc) is 2.16. The van der Waals surface area contributed by atoms with Gasteiger partial charge in [0.25, 0.3) is 0 Å². The van der Waals surface area contributed by atoms with Crippen LogP contribution in [0.5, 0.6) is 0 Å². The van der Waals surface area contributed by atoms with Gasteiger partial charge >= 0.3 is 0 Å². The van der Waals surface area contributed by atoms with Crippen LogP contribution in [0.3, 0.4) is 0 Å². The molecule has 0 aliphatic heterocycles. The van der Waals surface area contributed by atoms with Gasteiger partial charge in [-0.05, 0) is 19.1 Å². The number of hydrogen-bond donors (Lipinski definition) is 1. The maximum absolute atomic E-state index is 5.88. The molecule has 76 valence electrons. The van der Waals surface area contributed by atoms with Crippen LogP contribution in [0.25, 0.3) is 0 Å². The molecule has 0 unspecified atom stereocenters. The van der Waals surface area contributed by atoms with E-state index in [1.54, 1.807) is 18.2 Å². The second-order valence-electron chi connectivity index (χ2n) is 2.38. The van der Waals surface area contributed by atoms with Gasteiger partial charge in [0, 0.05) is 0 Å². The fraction of sp³-hybridized carbons (Fsp3) is 0.222. The van der Waals surface area contributed by atoms with E-state index in [9.17, 15) is 0 Å². The Hall–Kier alpha value is -0.770. The summed E-state index contributed by atoms with van der Waals surface area (Å²) < 4.78 is 0. The summed E-state index contributed by atoms with van der Waals surface area (Å²) in [6.45, 7) is 2.42. The predicted molar refractivity (Wildman–Crippen MR) is 59.4 cm³/mol. The lowest BCUT2D eigenvalue weighted by Crippen LogP contribution is -2.10. The highest BCUT2D eigenvalue weighted by atomic mass is 35.5. The Morgan fingerprint density at radius 1 is 1.43 bits per heavy atom. The lowest BCUT2D eigenvalue weighted by molar-refractivity contribution is 0.100. The van der Waals surface area contributed by atoms with Gasteiger partial charge in [-0.25, -0.2) is 4.99 Å². The van der Waals surface area contributed by atoms with E-state index in [-0.39, 0.29) is 0 Å². The molecule has 0 saturated carbocycles. The first kappa shape index (κ1) is 11.3. The standard InChI is InChI=1S/C9H10Cl2N2O/c1-2-14-13-6-12-9-7(10)4-3-5-8(9)11/h3-6H,2H2,1H3,(H,12,13). The van der Waals surface area contributed by atoms with Gasteiger partial charge in [0.1, 0.15) is 12.0 Å². The normalized spacial score (nSPS) is 10.8. The SMILES string of the molecule is CCONC=Nc1c(Cl)cccc1Cl. The van der Waals surface area contributed by atoms with Crippen LogP contribution in [0.1, 0.15) is 6.92 Å². The quantitative estimate of drug-likeness (QED) is 0.375. The molecule has 0 saturated heterocycles. The predicted octanol–water partition coefficient (Wildman–Crippen LogP) is 3.19. The van der Waals surface area contributed by atoms with Gasteiger partial charge in [-0.15, -0.1) is 0 Å². The monoisotopic (exact) mass is 232 g/mol. The largest absolute Gasteiger partial charge is 0.276 e. The molecule has 1 aromatic carbocycles. The minimum atomic E-state index is 0.507. The molecule has 1 N–H and O–H groups in total. The summed E-state index contributed by atoms with van der Waals surface area (Å²) in [7, 11) is 0. The van der Waals surface area contributed by atoms with Crippen molar-refractivity contribution in [3.05, 3.63) is 28.2 Å². The van der Waals surface area contributed by atoms with Crippen LogP contribution >= 0.6 is 23.2 Å². The number of halogens is 2. The first-order valence-electron chi connectivity index (χ1n) is 4.09. The van der Waals surface area contributed by atoms with E-state index in [0.29, 0.717) is 22.3 Å². The number of aliphatic imine (C=N–C) groups is 1. The van der Waals surface area contributed by atoms with E-state index in [4.69, 9.17) is 28.0 Å². The highest BCUT2D eigenvalue weighted by Crippen LogP contribution is 2.31. The zero-order valence-electron chi connectivity index (χ0n) is 7.63. The molecule has 0 heterocycles. The smallest absolute Gasteiger partial charge is 0.113 e. The summed E-state index contributed by atoms with van der Waals surface area (Å²) in [6.07, 6.45) is 1.40. The van der Waals surface area contributed by atoms with E-state index in [1.807, 2.05) is 6.92 Å².